The van der Waals surface area contributed by atoms with Gasteiger partial charge in [-0.2, -0.15) is 0 Å². The molecule has 82 heavy (non-hydrogen) atoms. The number of nitrogens with one attached hydrogen (secondary N) is 10. The number of benzene rings is 5. The number of hydrogen-bond acceptors (Lipinski definition) is 8. The van der Waals surface area contributed by atoms with E-state index in [1.165, 1.54) is 0 Å². The van der Waals surface area contributed by atoms with E-state index >= 15 is 9.59 Å². The molecular formula is C61H65N15O6. The highest BCUT2D eigenvalue weighted by Gasteiger charge is 2.35. The fourth-order valence-corrected chi connectivity index (χ4v) is 10.7. The number of primary amides is 1. The first-order valence-electron chi connectivity index (χ1n) is 27.1. The summed E-state index contributed by atoms with van der Waals surface area (Å²) in [5.74, 6) is -4.42. The Bertz CT molecular complexity index is 3980. The predicted octanol–water partition coefficient (Wildman–Crippen LogP) is 3.90. The van der Waals surface area contributed by atoms with Gasteiger partial charge in [0.15, 0.2) is 5.96 Å². The van der Waals surface area contributed by atoms with Gasteiger partial charge >= 0.3 is 0 Å². The number of aromatic amines is 5. The van der Waals surface area contributed by atoms with E-state index in [1.807, 2.05) is 121 Å². The highest BCUT2D eigenvalue weighted by atomic mass is 16.2. The number of hydrogen-bond donors (Lipinski definition) is 14. The number of nitrogens with zero attached hydrogens (tertiary/aromatic N) is 1. The first kappa shape index (κ1) is 55.2. The van der Waals surface area contributed by atoms with Gasteiger partial charge in [-0.15, -0.1) is 0 Å². The van der Waals surface area contributed by atoms with Crippen molar-refractivity contribution < 1.29 is 28.8 Å². The molecule has 0 unspecified atom stereocenters. The lowest BCUT2D eigenvalue weighted by Crippen LogP contribution is -2.60. The maximum absolute atomic E-state index is 15.3. The standard InChI is InChI=1S/C61H65N15O6/c62-44(24-34-29-67-45-17-6-1-12-39(34)45)56(78)72-50(22-11-23-66-61(64)65)57(79)74-53(27-37-32-70-48-20-9-4-15-42(37)48)59(81)76-54(28-38-33-71-49-21-10-5-16-43(38)49)60(82)75-52(26-36-31-69-47-19-8-3-14-41(36)47)58(80)73-51(55(63)77)25-35-30-68-46-18-7-2-13-40(35)46/h1-10,12-21,29-33,44,50-54,67-71H,11,22-28,62H2,(H2,63,77)(H,72,78)(H,73,80)(H,74,79)(H,75,82)(H,76,81)(H4,64,65,66)/t44-,50-,51-,52-,53-,54-/m0/s1. The zero-order chi connectivity index (χ0) is 57.3. The number of H-pyrrole nitrogens is 5. The lowest BCUT2D eigenvalue weighted by atomic mass is 9.99. The van der Waals surface area contributed by atoms with Crippen molar-refractivity contribution in [2.75, 3.05) is 6.54 Å². The molecule has 5 heterocycles. The highest BCUT2D eigenvalue weighted by Crippen LogP contribution is 2.25. The second kappa shape index (κ2) is 24.9. The minimum absolute atomic E-state index is 0.0329. The summed E-state index contributed by atoms with van der Waals surface area (Å²) >= 11 is 0. The summed E-state index contributed by atoms with van der Waals surface area (Å²) < 4.78 is 0. The maximum atomic E-state index is 15.3. The third kappa shape index (κ3) is 12.8. The number of carbonyl (C=O) groups excluding carboxylic acids is 6. The zero-order valence-corrected chi connectivity index (χ0v) is 44.8. The van der Waals surface area contributed by atoms with Crippen LogP contribution in [0.4, 0.5) is 0 Å². The number of aliphatic imine (C=N–C) groups is 1. The largest absolute Gasteiger partial charge is 0.370 e. The number of fused-ring (bicyclic) bond motifs is 5. The zero-order valence-electron chi connectivity index (χ0n) is 44.8. The fraction of sp³-hybridized carbons (Fsp3) is 0.230. The molecular weight excluding hydrogens is 1040 g/mol. The Morgan fingerprint density at radius 1 is 0.378 bits per heavy atom. The van der Waals surface area contributed by atoms with Gasteiger partial charge in [0, 0.05) is 118 Å². The van der Waals surface area contributed by atoms with Crippen LogP contribution in [0.3, 0.4) is 0 Å². The minimum Gasteiger partial charge on any atom is -0.370 e. The van der Waals surface area contributed by atoms with Crippen LogP contribution >= 0.6 is 0 Å². The third-order valence-electron chi connectivity index (χ3n) is 15.0. The molecule has 21 heteroatoms. The normalized spacial score (nSPS) is 13.7. The summed E-state index contributed by atoms with van der Waals surface area (Å²) in [5.41, 5.74) is 31.5. The average molecular weight is 1100 g/mol. The Hall–Kier alpha value is -10.2. The Balaban J connectivity index is 0.954. The Kier molecular flexibility index (Phi) is 16.7. The molecule has 0 spiro atoms. The summed E-state index contributed by atoms with van der Waals surface area (Å²) in [6.45, 7) is 0.139. The second-order valence-electron chi connectivity index (χ2n) is 20.6. The first-order valence-corrected chi connectivity index (χ1v) is 27.1. The van der Waals surface area contributed by atoms with E-state index in [1.54, 1.807) is 31.0 Å². The molecule has 0 aliphatic carbocycles. The van der Waals surface area contributed by atoms with Crippen molar-refractivity contribution in [1.82, 2.24) is 51.5 Å². The van der Waals surface area contributed by atoms with E-state index < -0.39 is 71.7 Å². The third-order valence-corrected chi connectivity index (χ3v) is 15.0. The Labute approximate surface area is 470 Å². The minimum atomic E-state index is -1.37. The van der Waals surface area contributed by atoms with Crippen molar-refractivity contribution >= 4 is 95.9 Å². The van der Waals surface area contributed by atoms with Gasteiger partial charge in [-0.25, -0.2) is 0 Å². The van der Waals surface area contributed by atoms with E-state index in [-0.39, 0.29) is 57.5 Å². The molecule has 420 valence electrons. The van der Waals surface area contributed by atoms with Crippen molar-refractivity contribution in [3.63, 3.8) is 0 Å². The maximum Gasteiger partial charge on any atom is 0.243 e. The molecule has 0 saturated heterocycles. The molecule has 6 amide bonds. The van der Waals surface area contributed by atoms with Crippen LogP contribution in [0.5, 0.6) is 0 Å². The van der Waals surface area contributed by atoms with Gasteiger partial charge in [0.2, 0.25) is 35.4 Å². The molecule has 6 atom stereocenters. The lowest BCUT2D eigenvalue weighted by Gasteiger charge is -2.27. The molecule has 0 bridgehead atoms. The molecule has 0 aliphatic heterocycles. The van der Waals surface area contributed by atoms with Crippen LogP contribution in [0.25, 0.3) is 54.5 Å². The Morgan fingerprint density at radius 3 is 0.988 bits per heavy atom. The van der Waals surface area contributed by atoms with Crippen molar-refractivity contribution in [1.29, 1.82) is 0 Å². The van der Waals surface area contributed by atoms with Crippen LogP contribution in [-0.4, -0.2) is 109 Å². The number of nitrogens with two attached hydrogens (primary N) is 4. The van der Waals surface area contributed by atoms with Gasteiger partial charge in [-0.3, -0.25) is 33.8 Å². The van der Waals surface area contributed by atoms with Gasteiger partial charge in [0.05, 0.1) is 6.04 Å². The van der Waals surface area contributed by atoms with Crippen molar-refractivity contribution in [3.8, 4) is 0 Å². The van der Waals surface area contributed by atoms with Gasteiger partial charge in [-0.05, 0) is 77.4 Å². The van der Waals surface area contributed by atoms with E-state index in [2.05, 4.69) is 56.5 Å². The summed E-state index contributed by atoms with van der Waals surface area (Å²) in [7, 11) is 0. The molecule has 0 aliphatic rings. The summed E-state index contributed by atoms with van der Waals surface area (Å²) in [6, 6.07) is 30.2. The van der Waals surface area contributed by atoms with Crippen molar-refractivity contribution in [2.24, 2.45) is 27.9 Å². The van der Waals surface area contributed by atoms with Crippen LogP contribution in [0.1, 0.15) is 40.7 Å². The molecule has 0 saturated carbocycles. The smallest absolute Gasteiger partial charge is 0.243 e. The molecule has 18 N–H and O–H groups in total. The molecule has 21 nitrogen and oxygen atoms in total. The summed E-state index contributed by atoms with van der Waals surface area (Å²) in [4.78, 5) is 107. The van der Waals surface area contributed by atoms with Crippen molar-refractivity contribution in [3.05, 3.63) is 180 Å². The number of rotatable bonds is 25. The molecule has 0 radical (unpaired) electrons. The molecule has 10 rings (SSSR count). The first-order chi connectivity index (χ1) is 39.8. The van der Waals surface area contributed by atoms with Crippen LogP contribution in [0.15, 0.2) is 157 Å². The van der Waals surface area contributed by atoms with E-state index in [9.17, 15) is 19.2 Å². The summed E-state index contributed by atoms with van der Waals surface area (Å²) in [6.07, 6.45) is 9.17. The topological polar surface area (TPSA) is 358 Å². The van der Waals surface area contributed by atoms with Crippen LogP contribution in [0, 0.1) is 0 Å². The average Bonchev–Trinajstić information content (AvgIpc) is 4.36. The summed E-state index contributed by atoms with van der Waals surface area (Å²) in [5, 5.41) is 18.6. The lowest BCUT2D eigenvalue weighted by molar-refractivity contribution is -0.135. The molecule has 0 fully saturated rings. The van der Waals surface area contributed by atoms with Gasteiger partial charge in [-0.1, -0.05) is 91.0 Å². The number of carbonyl (C=O) groups is 6. The second-order valence-corrected chi connectivity index (χ2v) is 20.6. The highest BCUT2D eigenvalue weighted by molar-refractivity contribution is 5.99. The number of amides is 6. The van der Waals surface area contributed by atoms with Gasteiger partial charge < -0.3 is 74.4 Å². The number of guanidine groups is 1. The monoisotopic (exact) mass is 1100 g/mol. The fourth-order valence-electron chi connectivity index (χ4n) is 10.7. The van der Waals surface area contributed by atoms with Gasteiger partial charge in [0.1, 0.15) is 30.2 Å². The Morgan fingerprint density at radius 2 is 0.659 bits per heavy atom. The van der Waals surface area contributed by atoms with E-state index in [4.69, 9.17) is 22.9 Å². The van der Waals surface area contributed by atoms with Crippen molar-refractivity contribution in [2.45, 2.75) is 81.2 Å². The molecule has 5 aromatic carbocycles. The van der Waals surface area contributed by atoms with Crippen LogP contribution < -0.4 is 49.5 Å². The van der Waals surface area contributed by atoms with Crippen LogP contribution in [-0.2, 0) is 60.9 Å². The molecule has 10 aromatic rings. The van der Waals surface area contributed by atoms with E-state index in [0.29, 0.717) is 16.7 Å². The molecule has 5 aromatic heterocycles. The predicted molar refractivity (Wildman–Crippen MR) is 317 cm³/mol. The van der Waals surface area contributed by atoms with Gasteiger partial charge in [0.25, 0.3) is 0 Å². The quantitative estimate of drug-likeness (QED) is 0.0224. The SMILES string of the molecule is NC(=O)[C@H](Cc1c[nH]c2ccccc12)NC(=O)[C@H](Cc1c[nH]c2ccccc12)NC(=O)[C@H](Cc1c[nH]c2ccccc12)NC(=O)[C@H](Cc1c[nH]c2ccccc12)NC(=O)[C@H](CCCN=C(N)N)NC(=O)[C@@H](N)Cc1c[nH]c2ccccc12. The number of aromatic nitrogens is 5. The van der Waals surface area contributed by atoms with Crippen LogP contribution in [0.2, 0.25) is 0 Å². The van der Waals surface area contributed by atoms with E-state index in [0.717, 1.165) is 65.6 Å². The number of para-hydroxylation sites is 5.